The van der Waals surface area contributed by atoms with Crippen molar-refractivity contribution in [2.75, 3.05) is 32.7 Å². The topological polar surface area (TPSA) is 82.4 Å². The van der Waals surface area contributed by atoms with E-state index >= 15 is 0 Å². The Hall–Kier alpha value is -1.34. The second-order valence-electron chi connectivity index (χ2n) is 4.27. The van der Waals surface area contributed by atoms with Crippen molar-refractivity contribution in [3.63, 3.8) is 0 Å². The van der Waals surface area contributed by atoms with Gasteiger partial charge in [-0.05, 0) is 22.0 Å². The molecular formula is C11H15BrN4O2. The molecule has 0 atom stereocenters. The van der Waals surface area contributed by atoms with Gasteiger partial charge in [0, 0.05) is 36.8 Å². The molecule has 0 radical (unpaired) electrons. The fourth-order valence-electron chi connectivity index (χ4n) is 1.99. The molecule has 0 bridgehead atoms. The van der Waals surface area contributed by atoms with Crippen molar-refractivity contribution in [3.8, 4) is 0 Å². The molecule has 2 rings (SSSR count). The highest BCUT2D eigenvalue weighted by Gasteiger charge is 2.23. The molecule has 7 heteroatoms. The first-order chi connectivity index (χ1) is 8.56. The number of carbonyl (C=O) groups is 2. The summed E-state index contributed by atoms with van der Waals surface area (Å²) in [6.07, 6.45) is 1.73. The third-order valence-electron chi connectivity index (χ3n) is 2.92. The van der Waals surface area contributed by atoms with E-state index < -0.39 is 0 Å². The third-order valence-corrected chi connectivity index (χ3v) is 3.37. The summed E-state index contributed by atoms with van der Waals surface area (Å²) in [5.74, 6) is -0.345. The molecule has 6 nitrogen and oxygen atoms in total. The highest BCUT2D eigenvalue weighted by Crippen LogP contribution is 2.13. The summed E-state index contributed by atoms with van der Waals surface area (Å²) in [5.41, 5.74) is 5.71. The van der Waals surface area contributed by atoms with Crippen LogP contribution in [0, 0.1) is 0 Å². The van der Waals surface area contributed by atoms with Gasteiger partial charge in [0.15, 0.2) is 0 Å². The first-order valence-corrected chi connectivity index (χ1v) is 6.49. The van der Waals surface area contributed by atoms with Crippen molar-refractivity contribution in [2.24, 2.45) is 5.73 Å². The van der Waals surface area contributed by atoms with Gasteiger partial charge in [0.05, 0.1) is 6.54 Å². The van der Waals surface area contributed by atoms with Crippen LogP contribution in [0.15, 0.2) is 16.7 Å². The maximum Gasteiger partial charge on any atom is 0.270 e. The van der Waals surface area contributed by atoms with Gasteiger partial charge in [0.25, 0.3) is 5.91 Å². The smallest absolute Gasteiger partial charge is 0.270 e. The maximum absolute atomic E-state index is 12.1. The van der Waals surface area contributed by atoms with E-state index in [4.69, 9.17) is 5.73 Å². The minimum atomic E-state index is -0.330. The number of rotatable bonds is 3. The van der Waals surface area contributed by atoms with E-state index in [1.807, 2.05) is 4.90 Å². The Labute approximate surface area is 113 Å². The van der Waals surface area contributed by atoms with Gasteiger partial charge in [-0.3, -0.25) is 14.5 Å². The summed E-state index contributed by atoms with van der Waals surface area (Å²) in [7, 11) is 0. The van der Waals surface area contributed by atoms with Crippen molar-refractivity contribution in [2.45, 2.75) is 0 Å². The van der Waals surface area contributed by atoms with Crippen molar-refractivity contribution in [1.29, 1.82) is 0 Å². The predicted molar refractivity (Wildman–Crippen MR) is 70.0 cm³/mol. The van der Waals surface area contributed by atoms with Crippen LogP contribution >= 0.6 is 15.9 Å². The monoisotopic (exact) mass is 314 g/mol. The quantitative estimate of drug-likeness (QED) is 0.825. The molecular weight excluding hydrogens is 300 g/mol. The van der Waals surface area contributed by atoms with Crippen molar-refractivity contribution in [3.05, 3.63) is 22.4 Å². The van der Waals surface area contributed by atoms with E-state index in [9.17, 15) is 9.59 Å². The molecule has 1 fully saturated rings. The summed E-state index contributed by atoms with van der Waals surface area (Å²) < 4.78 is 0.859. The summed E-state index contributed by atoms with van der Waals surface area (Å²) in [6, 6.07) is 1.76. The molecule has 2 amide bonds. The van der Waals surface area contributed by atoms with Gasteiger partial charge in [-0.1, -0.05) is 0 Å². The van der Waals surface area contributed by atoms with E-state index in [-0.39, 0.29) is 18.4 Å². The number of piperazine rings is 1. The van der Waals surface area contributed by atoms with Crippen LogP contribution in [0.5, 0.6) is 0 Å². The standard InChI is InChI=1S/C11H15BrN4O2/c12-8-5-9(14-6-8)11(18)16-3-1-15(2-4-16)7-10(13)17/h5-6,14H,1-4,7H2,(H2,13,17). The summed E-state index contributed by atoms with van der Waals surface area (Å²) in [4.78, 5) is 29.6. The van der Waals surface area contributed by atoms with E-state index in [2.05, 4.69) is 20.9 Å². The second-order valence-corrected chi connectivity index (χ2v) is 5.18. The zero-order valence-corrected chi connectivity index (χ0v) is 11.4. The van der Waals surface area contributed by atoms with E-state index in [0.717, 1.165) is 4.47 Å². The average Bonchev–Trinajstić information content (AvgIpc) is 2.75. The third kappa shape index (κ3) is 3.11. The Kier molecular flexibility index (Phi) is 4.03. The van der Waals surface area contributed by atoms with Crippen LogP contribution < -0.4 is 5.73 Å². The minimum Gasteiger partial charge on any atom is -0.369 e. The molecule has 98 valence electrons. The molecule has 1 aliphatic rings. The van der Waals surface area contributed by atoms with Gasteiger partial charge in [0.2, 0.25) is 5.91 Å². The second kappa shape index (κ2) is 5.53. The molecule has 3 N–H and O–H groups in total. The Balaban J connectivity index is 1.90. The van der Waals surface area contributed by atoms with E-state index in [1.54, 1.807) is 17.2 Å². The van der Waals surface area contributed by atoms with Crippen LogP contribution in [0.3, 0.4) is 0 Å². The van der Waals surface area contributed by atoms with Gasteiger partial charge < -0.3 is 15.6 Å². The van der Waals surface area contributed by atoms with E-state index in [1.165, 1.54) is 0 Å². The molecule has 0 saturated carbocycles. The van der Waals surface area contributed by atoms with Gasteiger partial charge in [0.1, 0.15) is 5.69 Å². The lowest BCUT2D eigenvalue weighted by atomic mass is 10.2. The van der Waals surface area contributed by atoms with Crippen LogP contribution in [0.1, 0.15) is 10.5 Å². The van der Waals surface area contributed by atoms with Crippen molar-refractivity contribution >= 4 is 27.7 Å². The number of amides is 2. The molecule has 1 saturated heterocycles. The molecule has 0 spiro atoms. The number of nitrogens with two attached hydrogens (primary N) is 1. The fraction of sp³-hybridized carbons (Fsp3) is 0.455. The number of H-pyrrole nitrogens is 1. The lowest BCUT2D eigenvalue weighted by molar-refractivity contribution is -0.119. The molecule has 0 aliphatic carbocycles. The number of hydrogen-bond acceptors (Lipinski definition) is 3. The first kappa shape index (κ1) is 13.1. The lowest BCUT2D eigenvalue weighted by Gasteiger charge is -2.33. The van der Waals surface area contributed by atoms with Crippen LogP contribution in [0.2, 0.25) is 0 Å². The van der Waals surface area contributed by atoms with Gasteiger partial charge in [-0.2, -0.15) is 0 Å². The van der Waals surface area contributed by atoms with Gasteiger partial charge >= 0.3 is 0 Å². The number of nitrogens with one attached hydrogen (secondary N) is 1. The van der Waals surface area contributed by atoms with Gasteiger partial charge in [-0.15, -0.1) is 0 Å². The zero-order chi connectivity index (χ0) is 13.1. The Morgan fingerprint density at radius 1 is 1.33 bits per heavy atom. The number of aromatic amines is 1. The summed E-state index contributed by atoms with van der Waals surface area (Å²) >= 11 is 3.30. The number of hydrogen-bond donors (Lipinski definition) is 2. The van der Waals surface area contributed by atoms with Crippen LogP contribution in [-0.4, -0.2) is 59.3 Å². The molecule has 0 unspecified atom stereocenters. The number of carbonyl (C=O) groups excluding carboxylic acids is 2. The highest BCUT2D eigenvalue weighted by atomic mass is 79.9. The van der Waals surface area contributed by atoms with Crippen LogP contribution in [0.25, 0.3) is 0 Å². The number of halogens is 1. The SMILES string of the molecule is NC(=O)CN1CCN(C(=O)c2cc(Br)c[nH]2)CC1. The predicted octanol–water partition coefficient (Wildman–Crippen LogP) is 0.0203. The van der Waals surface area contributed by atoms with Crippen LogP contribution in [-0.2, 0) is 4.79 Å². The molecule has 2 heterocycles. The lowest BCUT2D eigenvalue weighted by Crippen LogP contribution is -2.50. The first-order valence-electron chi connectivity index (χ1n) is 5.70. The minimum absolute atomic E-state index is 0.0144. The Morgan fingerprint density at radius 2 is 2.00 bits per heavy atom. The zero-order valence-electron chi connectivity index (χ0n) is 9.86. The molecule has 1 aromatic rings. The average molecular weight is 315 g/mol. The number of primary amides is 1. The maximum atomic E-state index is 12.1. The molecule has 1 aliphatic heterocycles. The summed E-state index contributed by atoms with van der Waals surface area (Å²) in [6.45, 7) is 2.84. The number of nitrogens with zero attached hydrogens (tertiary/aromatic N) is 2. The van der Waals surface area contributed by atoms with Gasteiger partial charge in [-0.25, -0.2) is 0 Å². The van der Waals surface area contributed by atoms with Crippen molar-refractivity contribution < 1.29 is 9.59 Å². The molecule has 1 aromatic heterocycles. The summed E-state index contributed by atoms with van der Waals surface area (Å²) in [5, 5.41) is 0. The fourth-order valence-corrected chi connectivity index (χ4v) is 2.33. The largest absolute Gasteiger partial charge is 0.369 e. The normalized spacial score (nSPS) is 16.8. The van der Waals surface area contributed by atoms with E-state index in [0.29, 0.717) is 31.9 Å². The Bertz CT molecular complexity index is 452. The van der Waals surface area contributed by atoms with Crippen LogP contribution in [0.4, 0.5) is 0 Å². The highest BCUT2D eigenvalue weighted by molar-refractivity contribution is 9.10. The van der Waals surface area contributed by atoms with Crippen molar-refractivity contribution in [1.82, 2.24) is 14.8 Å². The molecule has 0 aromatic carbocycles. The Morgan fingerprint density at radius 3 is 2.50 bits per heavy atom. The molecule has 18 heavy (non-hydrogen) atoms. The number of aromatic nitrogens is 1.